The normalized spacial score (nSPS) is 10.4. The maximum atomic E-state index is 5.89. The summed E-state index contributed by atoms with van der Waals surface area (Å²) in [6.45, 7) is 6.79. The lowest BCUT2D eigenvalue weighted by Gasteiger charge is -2.13. The molecule has 1 rings (SSSR count). The Morgan fingerprint density at radius 1 is 1.36 bits per heavy atom. The van der Waals surface area contributed by atoms with Gasteiger partial charge in [-0.3, -0.25) is 0 Å². The molecule has 0 aromatic carbocycles. The number of rotatable bonds is 4. The predicted molar refractivity (Wildman–Crippen MR) is 57.8 cm³/mol. The molecule has 1 aromatic heterocycles. The largest absolute Gasteiger partial charge is 0.377 e. The predicted octanol–water partition coefficient (Wildman–Crippen LogP) is 1.78. The van der Waals surface area contributed by atoms with E-state index in [0.717, 1.165) is 6.54 Å². The van der Waals surface area contributed by atoms with Crippen LogP contribution in [0.5, 0.6) is 0 Å². The van der Waals surface area contributed by atoms with Crippen molar-refractivity contribution in [1.82, 2.24) is 15.4 Å². The average molecular weight is 216 g/mol. The van der Waals surface area contributed by atoms with Gasteiger partial charge < -0.3 is 10.6 Å². The van der Waals surface area contributed by atoms with Gasteiger partial charge in [0.1, 0.15) is 5.69 Å². The Kier molecular flexibility index (Phi) is 3.88. The Morgan fingerprint density at radius 3 is 2.64 bits per heavy atom. The van der Waals surface area contributed by atoms with Crippen LogP contribution in [0.1, 0.15) is 20.8 Å². The van der Waals surface area contributed by atoms with Gasteiger partial charge in [0.15, 0.2) is 11.0 Å². The molecule has 78 valence electrons. The highest BCUT2D eigenvalue weighted by Crippen LogP contribution is 2.25. The van der Waals surface area contributed by atoms with E-state index in [1.807, 2.05) is 20.8 Å². The molecule has 2 N–H and O–H groups in total. The molecule has 6 heteroatoms. The molecule has 14 heavy (non-hydrogen) atoms. The zero-order chi connectivity index (χ0) is 10.6. The standard InChI is InChI=1S/C8H14ClN5/c1-4-10-8-6(11-5(2)3)7(9)12-14-13-8/h5H,4H2,1-3H3,(H,11,14)(H,10,12,13). The minimum absolute atomic E-state index is 0.274. The van der Waals surface area contributed by atoms with Crippen molar-refractivity contribution in [3.8, 4) is 0 Å². The molecule has 0 saturated carbocycles. The molecule has 1 heterocycles. The van der Waals surface area contributed by atoms with Crippen molar-refractivity contribution in [2.24, 2.45) is 0 Å². The molecule has 0 radical (unpaired) electrons. The summed E-state index contributed by atoms with van der Waals surface area (Å²) in [5, 5.41) is 17.6. The van der Waals surface area contributed by atoms with Gasteiger partial charge in [0.2, 0.25) is 0 Å². The number of aromatic nitrogens is 3. The van der Waals surface area contributed by atoms with Crippen molar-refractivity contribution in [3.05, 3.63) is 5.15 Å². The third-order valence-electron chi connectivity index (χ3n) is 1.50. The molecule has 0 saturated heterocycles. The van der Waals surface area contributed by atoms with E-state index in [-0.39, 0.29) is 6.04 Å². The summed E-state index contributed by atoms with van der Waals surface area (Å²) in [5.74, 6) is 0.640. The van der Waals surface area contributed by atoms with Crippen LogP contribution in [0.15, 0.2) is 0 Å². The maximum Gasteiger partial charge on any atom is 0.180 e. The first-order valence-corrected chi connectivity index (χ1v) is 4.92. The van der Waals surface area contributed by atoms with Gasteiger partial charge in [0.05, 0.1) is 0 Å². The Morgan fingerprint density at radius 2 is 2.07 bits per heavy atom. The molecule has 1 aromatic rings. The van der Waals surface area contributed by atoms with Gasteiger partial charge in [-0.05, 0) is 26.0 Å². The fraction of sp³-hybridized carbons (Fsp3) is 0.625. The van der Waals surface area contributed by atoms with Gasteiger partial charge in [-0.2, -0.15) is 0 Å². The van der Waals surface area contributed by atoms with Crippen LogP contribution in [0.3, 0.4) is 0 Å². The number of hydrogen-bond donors (Lipinski definition) is 2. The van der Waals surface area contributed by atoms with Crippen LogP contribution in [-0.2, 0) is 0 Å². The zero-order valence-corrected chi connectivity index (χ0v) is 9.26. The molecular formula is C8H14ClN5. The monoisotopic (exact) mass is 215 g/mol. The van der Waals surface area contributed by atoms with Crippen molar-refractivity contribution >= 4 is 23.1 Å². The third kappa shape index (κ3) is 2.70. The molecule has 0 bridgehead atoms. The Balaban J connectivity index is 2.96. The molecule has 0 fully saturated rings. The summed E-state index contributed by atoms with van der Waals surface area (Å²) in [7, 11) is 0. The number of anilines is 2. The van der Waals surface area contributed by atoms with Crippen LogP contribution in [0, 0.1) is 0 Å². The first-order valence-electron chi connectivity index (χ1n) is 4.54. The minimum atomic E-state index is 0.274. The van der Waals surface area contributed by atoms with Gasteiger partial charge in [0.25, 0.3) is 0 Å². The fourth-order valence-electron chi connectivity index (χ4n) is 1.01. The smallest absolute Gasteiger partial charge is 0.180 e. The first kappa shape index (κ1) is 11.0. The van der Waals surface area contributed by atoms with E-state index in [1.54, 1.807) is 0 Å². The van der Waals surface area contributed by atoms with E-state index in [2.05, 4.69) is 26.0 Å². The molecule has 0 aliphatic carbocycles. The highest BCUT2D eigenvalue weighted by atomic mass is 35.5. The van der Waals surface area contributed by atoms with E-state index in [9.17, 15) is 0 Å². The third-order valence-corrected chi connectivity index (χ3v) is 1.76. The van der Waals surface area contributed by atoms with Crippen LogP contribution < -0.4 is 10.6 Å². The number of nitrogens with one attached hydrogen (secondary N) is 2. The van der Waals surface area contributed by atoms with E-state index < -0.39 is 0 Å². The van der Waals surface area contributed by atoms with Crippen molar-refractivity contribution in [2.45, 2.75) is 26.8 Å². The topological polar surface area (TPSA) is 62.7 Å². The summed E-state index contributed by atoms with van der Waals surface area (Å²) in [4.78, 5) is 0. The lowest BCUT2D eigenvalue weighted by Crippen LogP contribution is -2.14. The van der Waals surface area contributed by atoms with Crippen molar-refractivity contribution in [2.75, 3.05) is 17.2 Å². The molecule has 0 aliphatic heterocycles. The SMILES string of the molecule is CCNc1nnnc(Cl)c1NC(C)C. The zero-order valence-electron chi connectivity index (χ0n) is 8.50. The van der Waals surface area contributed by atoms with Gasteiger partial charge in [-0.1, -0.05) is 11.6 Å². The highest BCUT2D eigenvalue weighted by Gasteiger charge is 2.10. The molecule has 0 amide bonds. The second-order valence-corrected chi connectivity index (χ2v) is 3.49. The van der Waals surface area contributed by atoms with Crippen molar-refractivity contribution < 1.29 is 0 Å². The van der Waals surface area contributed by atoms with Crippen LogP contribution >= 0.6 is 11.6 Å². The minimum Gasteiger partial charge on any atom is -0.377 e. The number of nitrogens with zero attached hydrogens (tertiary/aromatic N) is 3. The molecular weight excluding hydrogens is 202 g/mol. The second kappa shape index (κ2) is 4.95. The highest BCUT2D eigenvalue weighted by molar-refractivity contribution is 6.32. The van der Waals surface area contributed by atoms with Crippen molar-refractivity contribution in [3.63, 3.8) is 0 Å². The maximum absolute atomic E-state index is 5.89. The quantitative estimate of drug-likeness (QED) is 0.802. The van der Waals surface area contributed by atoms with Crippen LogP contribution in [0.4, 0.5) is 11.5 Å². The molecule has 0 atom stereocenters. The average Bonchev–Trinajstić information content (AvgIpc) is 2.11. The summed E-state index contributed by atoms with van der Waals surface area (Å²) < 4.78 is 0. The molecule has 0 aliphatic rings. The Bertz CT molecular complexity index is 302. The lowest BCUT2D eigenvalue weighted by molar-refractivity contribution is 0.844. The van der Waals surface area contributed by atoms with Gasteiger partial charge in [0, 0.05) is 12.6 Å². The van der Waals surface area contributed by atoms with Crippen LogP contribution in [0.2, 0.25) is 5.15 Å². The van der Waals surface area contributed by atoms with E-state index >= 15 is 0 Å². The summed E-state index contributed by atoms with van der Waals surface area (Å²) in [5.41, 5.74) is 0.707. The van der Waals surface area contributed by atoms with Crippen molar-refractivity contribution in [1.29, 1.82) is 0 Å². The van der Waals surface area contributed by atoms with Gasteiger partial charge in [-0.15, -0.1) is 10.2 Å². The summed E-state index contributed by atoms with van der Waals surface area (Å²) in [6, 6.07) is 0.274. The summed E-state index contributed by atoms with van der Waals surface area (Å²) in [6.07, 6.45) is 0. The Labute approximate surface area is 88.3 Å². The van der Waals surface area contributed by atoms with E-state index in [4.69, 9.17) is 11.6 Å². The molecule has 0 unspecified atom stereocenters. The second-order valence-electron chi connectivity index (χ2n) is 3.13. The van der Waals surface area contributed by atoms with E-state index in [1.165, 1.54) is 0 Å². The fourth-order valence-corrected chi connectivity index (χ4v) is 1.19. The molecule has 5 nitrogen and oxygen atoms in total. The number of halogens is 1. The summed E-state index contributed by atoms with van der Waals surface area (Å²) >= 11 is 5.89. The Hall–Kier alpha value is -1.10. The van der Waals surface area contributed by atoms with Gasteiger partial charge in [-0.25, -0.2) is 0 Å². The first-order chi connectivity index (χ1) is 6.65. The number of hydrogen-bond acceptors (Lipinski definition) is 5. The van der Waals surface area contributed by atoms with Crippen LogP contribution in [-0.4, -0.2) is 28.0 Å². The molecule has 0 spiro atoms. The lowest BCUT2D eigenvalue weighted by atomic mass is 10.3. The van der Waals surface area contributed by atoms with Crippen LogP contribution in [0.25, 0.3) is 0 Å². The van der Waals surface area contributed by atoms with Gasteiger partial charge >= 0.3 is 0 Å². The van der Waals surface area contributed by atoms with E-state index in [0.29, 0.717) is 16.7 Å².